The van der Waals surface area contributed by atoms with Crippen LogP contribution in [0.2, 0.25) is 0 Å². The molecule has 0 aliphatic rings. The monoisotopic (exact) mass is 327 g/mol. The number of esters is 1. The van der Waals surface area contributed by atoms with E-state index in [-0.39, 0.29) is 0 Å². The lowest BCUT2D eigenvalue weighted by Crippen LogP contribution is -2.47. The maximum absolute atomic E-state index is 11.6. The zero-order chi connectivity index (χ0) is 16.8. The second kappa shape index (κ2) is 7.81. The van der Waals surface area contributed by atoms with Gasteiger partial charge < -0.3 is 20.3 Å². The van der Waals surface area contributed by atoms with Crippen molar-refractivity contribution in [3.05, 3.63) is 35.9 Å². The van der Waals surface area contributed by atoms with Crippen LogP contribution >= 0.6 is 11.8 Å². The first kappa shape index (κ1) is 18.0. The SMILES string of the molecule is CC(C)(SC(=O)OCOC(=O)c1ccccc1)C(N)C(=O)O. The highest BCUT2D eigenvalue weighted by atomic mass is 32.2. The van der Waals surface area contributed by atoms with Crippen molar-refractivity contribution in [2.45, 2.75) is 24.6 Å². The molecule has 120 valence electrons. The maximum Gasteiger partial charge on any atom is 0.370 e. The van der Waals surface area contributed by atoms with Crippen molar-refractivity contribution in [2.24, 2.45) is 5.73 Å². The average molecular weight is 327 g/mol. The number of carboxylic acids is 1. The number of carbonyl (C=O) groups is 3. The van der Waals surface area contributed by atoms with Crippen LogP contribution in [0.1, 0.15) is 24.2 Å². The average Bonchev–Trinajstić information content (AvgIpc) is 2.46. The normalized spacial score (nSPS) is 12.3. The standard InChI is InChI=1S/C14H17NO6S/c1-14(2,10(15)11(16)17)22-13(19)21-8-20-12(18)9-6-4-3-5-7-9/h3-7,10H,8,15H2,1-2H3,(H,16,17). The van der Waals surface area contributed by atoms with Crippen LogP contribution in [0, 0.1) is 0 Å². The van der Waals surface area contributed by atoms with Crippen LogP contribution < -0.4 is 5.73 Å². The summed E-state index contributed by atoms with van der Waals surface area (Å²) in [5.74, 6) is -1.85. The topological polar surface area (TPSA) is 116 Å². The smallest absolute Gasteiger partial charge is 0.370 e. The van der Waals surface area contributed by atoms with Gasteiger partial charge in [0.15, 0.2) is 0 Å². The summed E-state index contributed by atoms with van der Waals surface area (Å²) >= 11 is 0.628. The van der Waals surface area contributed by atoms with Gasteiger partial charge in [0.1, 0.15) is 6.04 Å². The van der Waals surface area contributed by atoms with Crippen molar-refractivity contribution in [3.8, 4) is 0 Å². The Morgan fingerprint density at radius 3 is 2.36 bits per heavy atom. The molecule has 0 bridgehead atoms. The molecular weight excluding hydrogens is 310 g/mol. The number of ether oxygens (including phenoxy) is 2. The van der Waals surface area contributed by atoms with Crippen molar-refractivity contribution in [3.63, 3.8) is 0 Å². The second-order valence-electron chi connectivity index (χ2n) is 4.83. The summed E-state index contributed by atoms with van der Waals surface area (Å²) in [4.78, 5) is 34.0. The Hall–Kier alpha value is -2.06. The number of benzene rings is 1. The van der Waals surface area contributed by atoms with E-state index < -0.39 is 34.8 Å². The lowest BCUT2D eigenvalue weighted by atomic mass is 10.1. The molecule has 8 heteroatoms. The highest BCUT2D eigenvalue weighted by Gasteiger charge is 2.35. The molecule has 0 amide bonds. The van der Waals surface area contributed by atoms with Gasteiger partial charge in [-0.05, 0) is 37.7 Å². The highest BCUT2D eigenvalue weighted by Crippen LogP contribution is 2.29. The Kier molecular flexibility index (Phi) is 6.39. The number of aliphatic carboxylic acids is 1. The van der Waals surface area contributed by atoms with Crippen molar-refractivity contribution in [1.29, 1.82) is 0 Å². The third-order valence-electron chi connectivity index (χ3n) is 2.74. The summed E-state index contributed by atoms with van der Waals surface area (Å²) in [6.07, 6.45) is 0. The van der Waals surface area contributed by atoms with Crippen molar-refractivity contribution < 1.29 is 29.0 Å². The predicted octanol–water partition coefficient (Wildman–Crippen LogP) is 1.86. The first-order chi connectivity index (χ1) is 10.2. The number of carbonyl (C=O) groups excluding carboxylic acids is 2. The minimum atomic E-state index is -1.24. The fraction of sp³-hybridized carbons (Fsp3) is 0.357. The van der Waals surface area contributed by atoms with E-state index in [2.05, 4.69) is 0 Å². The number of hydrogen-bond acceptors (Lipinski definition) is 7. The van der Waals surface area contributed by atoms with Crippen LogP contribution in [0.25, 0.3) is 0 Å². The predicted molar refractivity (Wildman–Crippen MR) is 80.5 cm³/mol. The van der Waals surface area contributed by atoms with Crippen LogP contribution in [-0.2, 0) is 14.3 Å². The van der Waals surface area contributed by atoms with Crippen LogP contribution in [0.15, 0.2) is 30.3 Å². The first-order valence-electron chi connectivity index (χ1n) is 6.30. The van der Waals surface area contributed by atoms with Gasteiger partial charge in [0.2, 0.25) is 6.79 Å². The molecule has 0 radical (unpaired) electrons. The summed E-state index contributed by atoms with van der Waals surface area (Å²) < 4.78 is 8.45. The van der Waals surface area contributed by atoms with Crippen molar-refractivity contribution in [2.75, 3.05) is 6.79 Å². The van der Waals surface area contributed by atoms with E-state index in [0.717, 1.165) is 0 Å². The Morgan fingerprint density at radius 2 is 1.82 bits per heavy atom. The molecule has 3 N–H and O–H groups in total. The van der Waals surface area contributed by atoms with Gasteiger partial charge in [-0.3, -0.25) is 4.79 Å². The van der Waals surface area contributed by atoms with Crippen LogP contribution in [0.5, 0.6) is 0 Å². The van der Waals surface area contributed by atoms with Crippen LogP contribution in [0.4, 0.5) is 4.79 Å². The summed E-state index contributed by atoms with van der Waals surface area (Å²) in [5.41, 5.74) is 5.81. The maximum atomic E-state index is 11.6. The number of rotatable bonds is 6. The zero-order valence-electron chi connectivity index (χ0n) is 12.1. The second-order valence-corrected chi connectivity index (χ2v) is 6.42. The largest absolute Gasteiger partial charge is 0.480 e. The zero-order valence-corrected chi connectivity index (χ0v) is 13.0. The van der Waals surface area contributed by atoms with Gasteiger partial charge >= 0.3 is 17.2 Å². The fourth-order valence-electron chi connectivity index (χ4n) is 1.39. The van der Waals surface area contributed by atoms with Crippen LogP contribution in [0.3, 0.4) is 0 Å². The molecule has 0 heterocycles. The molecule has 0 aliphatic carbocycles. The number of thioether (sulfide) groups is 1. The highest BCUT2D eigenvalue weighted by molar-refractivity contribution is 8.14. The van der Waals surface area contributed by atoms with Crippen LogP contribution in [-0.4, -0.2) is 39.9 Å². The third-order valence-corrected chi connectivity index (χ3v) is 3.80. The molecule has 0 fully saturated rings. The van der Waals surface area contributed by atoms with Gasteiger partial charge in [0, 0.05) is 4.75 Å². The van der Waals surface area contributed by atoms with Crippen molar-refractivity contribution >= 4 is 29.0 Å². The Bertz CT molecular complexity index is 546. The fourth-order valence-corrected chi connectivity index (χ4v) is 2.16. The van der Waals surface area contributed by atoms with Gasteiger partial charge in [0.05, 0.1) is 5.56 Å². The van der Waals surface area contributed by atoms with Gasteiger partial charge in [-0.15, -0.1) is 0 Å². The molecule has 1 aromatic carbocycles. The van der Waals surface area contributed by atoms with E-state index in [1.807, 2.05) is 0 Å². The molecule has 0 saturated heterocycles. The van der Waals surface area contributed by atoms with E-state index >= 15 is 0 Å². The molecule has 1 unspecified atom stereocenters. The van der Waals surface area contributed by atoms with E-state index in [1.165, 1.54) is 13.8 Å². The molecule has 7 nitrogen and oxygen atoms in total. The number of nitrogens with two attached hydrogens (primary N) is 1. The Balaban J connectivity index is 2.41. The van der Waals surface area contributed by atoms with Gasteiger partial charge in [-0.25, -0.2) is 9.59 Å². The van der Waals surface area contributed by atoms with E-state index in [4.69, 9.17) is 20.3 Å². The Morgan fingerprint density at radius 1 is 1.23 bits per heavy atom. The molecule has 22 heavy (non-hydrogen) atoms. The molecule has 1 rings (SSSR count). The summed E-state index contributed by atoms with van der Waals surface area (Å²) in [5, 5.41) is 8.07. The van der Waals surface area contributed by atoms with E-state index in [1.54, 1.807) is 30.3 Å². The first-order valence-corrected chi connectivity index (χ1v) is 7.12. The summed E-state index contributed by atoms with van der Waals surface area (Å²) in [6.45, 7) is 2.46. The lowest BCUT2D eigenvalue weighted by Gasteiger charge is -2.26. The molecule has 0 saturated carbocycles. The summed E-state index contributed by atoms with van der Waals surface area (Å²) in [6, 6.07) is 6.99. The van der Waals surface area contributed by atoms with Gasteiger partial charge in [-0.1, -0.05) is 18.2 Å². The molecule has 0 spiro atoms. The number of carboxylic acid groups (broad SMARTS) is 1. The molecule has 0 aromatic heterocycles. The van der Waals surface area contributed by atoms with Gasteiger partial charge in [0.25, 0.3) is 0 Å². The quantitative estimate of drug-likeness (QED) is 0.601. The third kappa shape index (κ3) is 5.38. The molecule has 1 aromatic rings. The Labute approximate surface area is 131 Å². The molecular formula is C14H17NO6S. The van der Waals surface area contributed by atoms with Gasteiger partial charge in [-0.2, -0.15) is 0 Å². The molecule has 0 aliphatic heterocycles. The minimum absolute atomic E-state index is 0.333. The minimum Gasteiger partial charge on any atom is -0.480 e. The van der Waals surface area contributed by atoms with Crippen molar-refractivity contribution in [1.82, 2.24) is 0 Å². The van der Waals surface area contributed by atoms with E-state index in [9.17, 15) is 14.4 Å². The lowest BCUT2D eigenvalue weighted by molar-refractivity contribution is -0.139. The van der Waals surface area contributed by atoms with E-state index in [0.29, 0.717) is 17.3 Å². The molecule has 1 atom stereocenters. The summed E-state index contributed by atoms with van der Waals surface area (Å²) in [7, 11) is 0. The number of hydrogen-bond donors (Lipinski definition) is 2.